The van der Waals surface area contributed by atoms with Gasteiger partial charge in [-0.3, -0.25) is 0 Å². The van der Waals surface area contributed by atoms with Crippen LogP contribution in [-0.4, -0.2) is 22.7 Å². The highest BCUT2D eigenvalue weighted by Gasteiger charge is 2.15. The molecule has 6 heteroatoms. The molecule has 4 nitrogen and oxygen atoms in total. The first-order valence-corrected chi connectivity index (χ1v) is 7.52. The number of aryl methyl sites for hydroxylation is 2. The summed E-state index contributed by atoms with van der Waals surface area (Å²) in [6.45, 7) is 2.37. The van der Waals surface area contributed by atoms with Crippen molar-refractivity contribution in [2.45, 2.75) is 26.2 Å². The number of hydrogen-bond acceptors (Lipinski definition) is 4. The third kappa shape index (κ3) is 4.26. The van der Waals surface area contributed by atoms with Crippen LogP contribution in [-0.2, 0) is 12.8 Å². The monoisotopic (exact) mass is 309 g/mol. The summed E-state index contributed by atoms with van der Waals surface area (Å²) in [5.74, 6) is -0.590. The molecule has 0 bridgehead atoms. The Hall–Kier alpha value is -1.95. The maximum absolute atomic E-state index is 12.7. The molecule has 0 aliphatic heterocycles. The van der Waals surface area contributed by atoms with Gasteiger partial charge < -0.3 is 9.84 Å². The molecule has 1 aromatic carbocycles. The Morgan fingerprint density at radius 3 is 2.67 bits per heavy atom. The van der Waals surface area contributed by atoms with Crippen molar-refractivity contribution in [1.82, 2.24) is 4.98 Å². The number of thiazole rings is 1. The molecular weight excluding hydrogens is 293 g/mol. The number of carbonyl (C=O) groups is 1. The number of nitrogens with zero attached hydrogens (tertiary/aromatic N) is 1. The third-order valence-electron chi connectivity index (χ3n) is 2.89. The van der Waals surface area contributed by atoms with Gasteiger partial charge in [0.25, 0.3) is 0 Å². The molecule has 2 rings (SSSR count). The van der Waals surface area contributed by atoms with Crippen LogP contribution >= 0.6 is 11.3 Å². The summed E-state index contributed by atoms with van der Waals surface area (Å²) in [7, 11) is 0. The van der Waals surface area contributed by atoms with Crippen molar-refractivity contribution in [2.24, 2.45) is 0 Å². The van der Waals surface area contributed by atoms with E-state index >= 15 is 0 Å². The van der Waals surface area contributed by atoms with Gasteiger partial charge in [0.05, 0.1) is 17.3 Å². The Morgan fingerprint density at radius 1 is 1.38 bits per heavy atom. The minimum atomic E-state index is -0.918. The molecule has 0 spiro atoms. The maximum atomic E-state index is 12.7. The van der Waals surface area contributed by atoms with Crippen LogP contribution in [0.4, 0.5) is 4.39 Å². The highest BCUT2D eigenvalue weighted by atomic mass is 32.1. The smallest absolute Gasteiger partial charge is 0.347 e. The van der Waals surface area contributed by atoms with Gasteiger partial charge in [-0.25, -0.2) is 14.2 Å². The summed E-state index contributed by atoms with van der Waals surface area (Å²) in [5, 5.41) is 9.88. The number of carboxylic acids is 1. The van der Waals surface area contributed by atoms with Crippen LogP contribution < -0.4 is 4.74 Å². The van der Waals surface area contributed by atoms with Crippen molar-refractivity contribution < 1.29 is 19.0 Å². The van der Waals surface area contributed by atoms with E-state index in [0.717, 1.165) is 11.4 Å². The van der Waals surface area contributed by atoms with E-state index in [4.69, 9.17) is 9.84 Å². The van der Waals surface area contributed by atoms with E-state index in [1.807, 2.05) is 6.92 Å². The predicted molar refractivity (Wildman–Crippen MR) is 78.7 cm³/mol. The number of hydrogen-bond donors (Lipinski definition) is 1. The van der Waals surface area contributed by atoms with Gasteiger partial charge in [-0.05, 0) is 37.1 Å². The largest absolute Gasteiger partial charge is 0.494 e. The lowest BCUT2D eigenvalue weighted by Gasteiger charge is -2.04. The molecule has 112 valence electrons. The number of carboxylic acid groups (broad SMARTS) is 1. The first-order chi connectivity index (χ1) is 10.1. The first kappa shape index (κ1) is 15.4. The van der Waals surface area contributed by atoms with Crippen LogP contribution in [0.25, 0.3) is 0 Å². The van der Waals surface area contributed by atoms with Gasteiger partial charge >= 0.3 is 5.97 Å². The van der Waals surface area contributed by atoms with E-state index in [2.05, 4.69) is 4.98 Å². The van der Waals surface area contributed by atoms with Gasteiger partial charge in [-0.1, -0.05) is 6.92 Å². The predicted octanol–water partition coefficient (Wildman–Crippen LogP) is 3.55. The molecule has 2 aromatic rings. The molecule has 0 fully saturated rings. The molecule has 1 aromatic heterocycles. The van der Waals surface area contributed by atoms with Gasteiger partial charge in [-0.2, -0.15) is 0 Å². The Bertz CT molecular complexity index is 610. The third-order valence-corrected chi connectivity index (χ3v) is 4.03. The fourth-order valence-electron chi connectivity index (χ4n) is 1.86. The molecule has 0 saturated carbocycles. The van der Waals surface area contributed by atoms with Crippen molar-refractivity contribution in [3.05, 3.63) is 45.7 Å². The van der Waals surface area contributed by atoms with Gasteiger partial charge in [-0.15, -0.1) is 11.3 Å². The summed E-state index contributed by atoms with van der Waals surface area (Å²) in [5.41, 5.74) is 0.641. The molecule has 21 heavy (non-hydrogen) atoms. The van der Waals surface area contributed by atoms with E-state index < -0.39 is 5.97 Å². The lowest BCUT2D eigenvalue weighted by molar-refractivity contribution is 0.0701. The van der Waals surface area contributed by atoms with Crippen LogP contribution in [0.3, 0.4) is 0 Å². The van der Waals surface area contributed by atoms with Gasteiger partial charge in [0.1, 0.15) is 16.4 Å². The number of benzene rings is 1. The lowest BCUT2D eigenvalue weighted by Crippen LogP contribution is -1.99. The van der Waals surface area contributed by atoms with Crippen molar-refractivity contribution in [3.63, 3.8) is 0 Å². The van der Waals surface area contributed by atoms with Crippen LogP contribution in [0.15, 0.2) is 24.3 Å². The number of aromatic nitrogens is 1. The Labute approximate surface area is 126 Å². The summed E-state index contributed by atoms with van der Waals surface area (Å²) < 4.78 is 18.2. The Balaban J connectivity index is 1.83. The zero-order valence-corrected chi connectivity index (χ0v) is 12.5. The molecule has 0 saturated heterocycles. The highest BCUT2D eigenvalue weighted by Crippen LogP contribution is 2.20. The van der Waals surface area contributed by atoms with Gasteiger partial charge in [0, 0.05) is 6.42 Å². The minimum absolute atomic E-state index is 0.293. The average molecular weight is 309 g/mol. The molecule has 1 heterocycles. The molecule has 0 unspecified atom stereocenters. The van der Waals surface area contributed by atoms with Crippen LogP contribution in [0.1, 0.15) is 33.7 Å². The van der Waals surface area contributed by atoms with Crippen LogP contribution in [0.2, 0.25) is 0 Å². The van der Waals surface area contributed by atoms with E-state index in [9.17, 15) is 9.18 Å². The standard InChI is InChI=1S/C15H16FNO3S/c1-2-12-14(15(18)19)21-13(17-12)4-3-9-20-11-7-5-10(16)6-8-11/h5-8H,2-4,9H2,1H3,(H,18,19). The average Bonchev–Trinajstić information content (AvgIpc) is 2.89. The second-order valence-electron chi connectivity index (χ2n) is 4.45. The van der Waals surface area contributed by atoms with Gasteiger partial charge in [0.15, 0.2) is 0 Å². The second-order valence-corrected chi connectivity index (χ2v) is 5.53. The minimum Gasteiger partial charge on any atom is -0.494 e. The topological polar surface area (TPSA) is 59.4 Å². The van der Waals surface area contributed by atoms with E-state index in [1.165, 1.54) is 23.5 Å². The van der Waals surface area contributed by atoms with E-state index in [-0.39, 0.29) is 5.82 Å². The van der Waals surface area contributed by atoms with Crippen molar-refractivity contribution in [3.8, 4) is 5.75 Å². The molecule has 0 atom stereocenters. The number of aromatic carboxylic acids is 1. The number of ether oxygens (including phenoxy) is 1. The SMILES string of the molecule is CCc1nc(CCCOc2ccc(F)cc2)sc1C(=O)O. The summed E-state index contributed by atoms with van der Waals surface area (Å²) >= 11 is 1.22. The van der Waals surface area contributed by atoms with E-state index in [1.54, 1.807) is 12.1 Å². The Morgan fingerprint density at radius 2 is 2.10 bits per heavy atom. The zero-order valence-electron chi connectivity index (χ0n) is 11.6. The lowest BCUT2D eigenvalue weighted by atomic mass is 10.3. The Kier molecular flexibility index (Phi) is 5.27. The van der Waals surface area contributed by atoms with Crippen molar-refractivity contribution in [2.75, 3.05) is 6.61 Å². The molecular formula is C15H16FNO3S. The highest BCUT2D eigenvalue weighted by molar-refractivity contribution is 7.13. The summed E-state index contributed by atoms with van der Waals surface area (Å²) in [6.07, 6.45) is 2.02. The summed E-state index contributed by atoms with van der Waals surface area (Å²) in [4.78, 5) is 15.7. The second kappa shape index (κ2) is 7.17. The molecule has 0 amide bonds. The van der Waals surface area contributed by atoms with Crippen molar-refractivity contribution >= 4 is 17.3 Å². The first-order valence-electron chi connectivity index (χ1n) is 6.70. The fraction of sp³-hybridized carbons (Fsp3) is 0.333. The fourth-order valence-corrected chi connectivity index (χ4v) is 2.89. The number of halogens is 1. The number of rotatable bonds is 7. The summed E-state index contributed by atoms with van der Waals surface area (Å²) in [6, 6.07) is 5.86. The molecule has 0 aliphatic carbocycles. The molecule has 0 radical (unpaired) electrons. The van der Waals surface area contributed by atoms with Crippen LogP contribution in [0.5, 0.6) is 5.75 Å². The maximum Gasteiger partial charge on any atom is 0.347 e. The van der Waals surface area contributed by atoms with Crippen LogP contribution in [0, 0.1) is 5.82 Å². The normalized spacial score (nSPS) is 10.6. The zero-order chi connectivity index (χ0) is 15.2. The van der Waals surface area contributed by atoms with Crippen molar-refractivity contribution in [1.29, 1.82) is 0 Å². The quantitative estimate of drug-likeness (QED) is 0.795. The molecule has 0 aliphatic rings. The van der Waals surface area contributed by atoms with Gasteiger partial charge in [0.2, 0.25) is 0 Å². The molecule has 1 N–H and O–H groups in total. The van der Waals surface area contributed by atoms with E-state index in [0.29, 0.717) is 35.8 Å².